The minimum atomic E-state index is -4.34. The first-order chi connectivity index (χ1) is 6.54. The number of aromatic nitrogens is 1. The molecule has 1 aromatic rings. The normalized spacial score (nSPS) is 11.7. The quantitative estimate of drug-likeness (QED) is 0.822. The van der Waals surface area contributed by atoms with Gasteiger partial charge >= 0.3 is 6.18 Å². The molecule has 1 aromatic heterocycles. The molecule has 2 nitrogen and oxygen atoms in total. The summed E-state index contributed by atoms with van der Waals surface area (Å²) in [6, 6.07) is 0. The van der Waals surface area contributed by atoms with E-state index in [0.29, 0.717) is 11.7 Å². The fraction of sp³-hybridized carbons (Fsp3) is 0.571. The van der Waals surface area contributed by atoms with Gasteiger partial charge in [0.25, 0.3) is 0 Å². The summed E-state index contributed by atoms with van der Waals surface area (Å²) in [5, 5.41) is 4.17. The first-order valence-electron chi connectivity index (χ1n) is 3.79. The van der Waals surface area contributed by atoms with E-state index >= 15 is 0 Å². The van der Waals surface area contributed by atoms with Crippen LogP contribution in [0.5, 0.6) is 0 Å². The molecule has 14 heavy (non-hydrogen) atoms. The van der Waals surface area contributed by atoms with Gasteiger partial charge in [-0.2, -0.15) is 24.9 Å². The maximum atomic E-state index is 12.1. The molecule has 0 aliphatic carbocycles. The van der Waals surface area contributed by atoms with Crippen LogP contribution in [0.4, 0.5) is 18.3 Å². The number of thiazole rings is 1. The molecule has 0 radical (unpaired) electrons. The number of anilines is 1. The second-order valence-corrected chi connectivity index (χ2v) is 4.30. The van der Waals surface area contributed by atoms with Crippen LogP contribution in [0.1, 0.15) is 5.69 Å². The molecule has 7 heteroatoms. The lowest BCUT2D eigenvalue weighted by Gasteiger charge is -2.01. The van der Waals surface area contributed by atoms with Gasteiger partial charge in [0, 0.05) is 17.7 Å². The van der Waals surface area contributed by atoms with E-state index in [1.165, 1.54) is 0 Å². The molecular weight excluding hydrogens is 233 g/mol. The SMILES string of the molecule is CSCCNc1nc(C(F)(F)F)cs1. The van der Waals surface area contributed by atoms with Crippen LogP contribution in [-0.2, 0) is 6.18 Å². The first kappa shape index (κ1) is 11.6. The third-order valence-corrected chi connectivity index (χ3v) is 2.79. The van der Waals surface area contributed by atoms with Crippen molar-refractivity contribution in [3.63, 3.8) is 0 Å². The van der Waals surface area contributed by atoms with Crippen molar-refractivity contribution >= 4 is 28.2 Å². The predicted molar refractivity (Wildman–Crippen MR) is 54.0 cm³/mol. The van der Waals surface area contributed by atoms with Crippen LogP contribution in [-0.4, -0.2) is 23.5 Å². The summed E-state index contributed by atoms with van der Waals surface area (Å²) in [6.45, 7) is 0.631. The van der Waals surface area contributed by atoms with E-state index < -0.39 is 11.9 Å². The Morgan fingerprint density at radius 2 is 2.29 bits per heavy atom. The van der Waals surface area contributed by atoms with Gasteiger partial charge in [0.15, 0.2) is 10.8 Å². The monoisotopic (exact) mass is 242 g/mol. The number of nitrogens with one attached hydrogen (secondary N) is 1. The van der Waals surface area contributed by atoms with Crippen molar-refractivity contribution in [2.24, 2.45) is 0 Å². The van der Waals surface area contributed by atoms with Crippen molar-refractivity contribution < 1.29 is 13.2 Å². The number of hydrogen-bond donors (Lipinski definition) is 1. The Bertz CT molecular complexity index is 285. The third kappa shape index (κ3) is 3.38. The Balaban J connectivity index is 2.51. The van der Waals surface area contributed by atoms with Crippen LogP contribution in [0.15, 0.2) is 5.38 Å². The standard InChI is InChI=1S/C7H9F3N2S2/c1-13-3-2-11-6-12-5(4-14-6)7(8,9)10/h4H,2-3H2,1H3,(H,11,12). The number of rotatable bonds is 4. The minimum absolute atomic E-state index is 0.325. The average Bonchev–Trinajstić information content (AvgIpc) is 2.52. The summed E-state index contributed by atoms with van der Waals surface area (Å²) in [4.78, 5) is 3.43. The molecule has 1 rings (SSSR count). The van der Waals surface area contributed by atoms with E-state index in [0.717, 1.165) is 22.5 Å². The van der Waals surface area contributed by atoms with Crippen LogP contribution in [0.3, 0.4) is 0 Å². The summed E-state index contributed by atoms with van der Waals surface area (Å²) in [5.74, 6) is 0.848. The molecule has 0 fully saturated rings. The van der Waals surface area contributed by atoms with Crippen LogP contribution in [0.2, 0.25) is 0 Å². The molecule has 0 aliphatic heterocycles. The molecule has 1 N–H and O–H groups in total. The van der Waals surface area contributed by atoms with Gasteiger partial charge in [0.05, 0.1) is 0 Å². The van der Waals surface area contributed by atoms with Crippen molar-refractivity contribution in [1.29, 1.82) is 0 Å². The van der Waals surface area contributed by atoms with E-state index in [1.54, 1.807) is 11.8 Å². The van der Waals surface area contributed by atoms with E-state index in [-0.39, 0.29) is 0 Å². The second kappa shape index (κ2) is 4.88. The molecule has 0 amide bonds. The highest BCUT2D eigenvalue weighted by molar-refractivity contribution is 7.98. The smallest absolute Gasteiger partial charge is 0.361 e. The lowest BCUT2D eigenvalue weighted by atomic mass is 10.5. The summed E-state index contributed by atoms with van der Waals surface area (Å²) >= 11 is 2.60. The fourth-order valence-electron chi connectivity index (χ4n) is 0.745. The number of nitrogens with zero attached hydrogens (tertiary/aromatic N) is 1. The third-order valence-electron chi connectivity index (χ3n) is 1.38. The Hall–Kier alpha value is -0.430. The Kier molecular flexibility index (Phi) is 4.06. The van der Waals surface area contributed by atoms with Crippen molar-refractivity contribution in [2.75, 3.05) is 23.9 Å². The average molecular weight is 242 g/mol. The van der Waals surface area contributed by atoms with Crippen LogP contribution in [0, 0.1) is 0 Å². The lowest BCUT2D eigenvalue weighted by molar-refractivity contribution is -0.140. The molecule has 0 aliphatic rings. The number of alkyl halides is 3. The lowest BCUT2D eigenvalue weighted by Crippen LogP contribution is -2.07. The largest absolute Gasteiger partial charge is 0.434 e. The summed E-state index contributed by atoms with van der Waals surface area (Å²) in [7, 11) is 0. The Labute approximate surface area is 87.9 Å². The molecule has 80 valence electrons. The van der Waals surface area contributed by atoms with E-state index in [1.807, 2.05) is 6.26 Å². The molecule has 1 heterocycles. The molecule has 0 spiro atoms. The highest BCUT2D eigenvalue weighted by Crippen LogP contribution is 2.31. The first-order valence-corrected chi connectivity index (χ1v) is 6.07. The van der Waals surface area contributed by atoms with Crippen LogP contribution < -0.4 is 5.32 Å². The molecule has 0 atom stereocenters. The van der Waals surface area contributed by atoms with Gasteiger partial charge in [-0.15, -0.1) is 11.3 Å². The van der Waals surface area contributed by atoms with E-state index in [4.69, 9.17) is 0 Å². The van der Waals surface area contributed by atoms with Gasteiger partial charge in [-0.1, -0.05) is 0 Å². The maximum Gasteiger partial charge on any atom is 0.434 e. The van der Waals surface area contributed by atoms with Crippen molar-refractivity contribution in [1.82, 2.24) is 4.98 Å². The Morgan fingerprint density at radius 1 is 1.57 bits per heavy atom. The molecular formula is C7H9F3N2S2. The zero-order valence-electron chi connectivity index (χ0n) is 7.39. The van der Waals surface area contributed by atoms with Gasteiger partial charge in [0.2, 0.25) is 0 Å². The predicted octanol–water partition coefficient (Wildman–Crippen LogP) is 2.94. The van der Waals surface area contributed by atoms with E-state index in [9.17, 15) is 13.2 Å². The molecule has 0 aromatic carbocycles. The zero-order chi connectivity index (χ0) is 10.6. The highest BCUT2D eigenvalue weighted by atomic mass is 32.2. The Morgan fingerprint density at radius 3 is 2.79 bits per heavy atom. The number of hydrogen-bond acceptors (Lipinski definition) is 4. The maximum absolute atomic E-state index is 12.1. The number of halogens is 3. The molecule has 0 saturated heterocycles. The highest BCUT2D eigenvalue weighted by Gasteiger charge is 2.33. The summed E-state index contributed by atoms with van der Waals surface area (Å²) in [6.07, 6.45) is -2.40. The minimum Gasteiger partial charge on any atom is -0.361 e. The number of thioether (sulfide) groups is 1. The van der Waals surface area contributed by atoms with Gasteiger partial charge in [-0.3, -0.25) is 0 Å². The van der Waals surface area contributed by atoms with Gasteiger partial charge < -0.3 is 5.32 Å². The summed E-state index contributed by atoms with van der Waals surface area (Å²) < 4.78 is 36.3. The van der Waals surface area contributed by atoms with E-state index in [2.05, 4.69) is 10.3 Å². The molecule has 0 unspecified atom stereocenters. The second-order valence-electron chi connectivity index (χ2n) is 2.46. The van der Waals surface area contributed by atoms with Gasteiger partial charge in [0.1, 0.15) is 0 Å². The van der Waals surface area contributed by atoms with Crippen molar-refractivity contribution in [3.05, 3.63) is 11.1 Å². The van der Waals surface area contributed by atoms with Crippen LogP contribution >= 0.6 is 23.1 Å². The molecule has 0 saturated carbocycles. The van der Waals surface area contributed by atoms with Gasteiger partial charge in [-0.25, -0.2) is 4.98 Å². The topological polar surface area (TPSA) is 24.9 Å². The summed E-state index contributed by atoms with van der Waals surface area (Å²) in [5.41, 5.74) is -0.825. The van der Waals surface area contributed by atoms with Crippen molar-refractivity contribution in [3.8, 4) is 0 Å². The zero-order valence-corrected chi connectivity index (χ0v) is 9.02. The van der Waals surface area contributed by atoms with Crippen molar-refractivity contribution in [2.45, 2.75) is 6.18 Å². The van der Waals surface area contributed by atoms with Gasteiger partial charge in [-0.05, 0) is 6.26 Å². The fourth-order valence-corrected chi connectivity index (χ4v) is 1.80. The molecule has 0 bridgehead atoms. The van der Waals surface area contributed by atoms with Crippen LogP contribution in [0.25, 0.3) is 0 Å².